The van der Waals surface area contributed by atoms with Crippen LogP contribution in [0.25, 0.3) is 71.7 Å². The average molecular weight is 654 g/mol. The van der Waals surface area contributed by atoms with Crippen LogP contribution in [0.5, 0.6) is 0 Å². The minimum atomic E-state index is 0.791. The molecule has 10 aromatic rings. The lowest BCUT2D eigenvalue weighted by atomic mass is 10.0. The number of nitrogens with zero attached hydrogens (tertiary/aromatic N) is 3. The monoisotopic (exact) mass is 653 g/mol. The quantitative estimate of drug-likeness (QED) is 0.179. The van der Waals surface area contributed by atoms with Crippen molar-refractivity contribution in [3.05, 3.63) is 188 Å². The molecule has 0 saturated carbocycles. The maximum absolute atomic E-state index is 6.17. The zero-order chi connectivity index (χ0) is 33.7. The Hall–Kier alpha value is -6.91. The van der Waals surface area contributed by atoms with Gasteiger partial charge < -0.3 is 13.9 Å². The summed E-state index contributed by atoms with van der Waals surface area (Å²) in [6.45, 7) is 0. The molecule has 4 heteroatoms. The number of aromatic nitrogens is 2. The van der Waals surface area contributed by atoms with Gasteiger partial charge in [0.15, 0.2) is 5.58 Å². The van der Waals surface area contributed by atoms with Gasteiger partial charge in [-0.25, -0.2) is 0 Å². The van der Waals surface area contributed by atoms with Gasteiger partial charge in [-0.15, -0.1) is 0 Å². The van der Waals surface area contributed by atoms with Gasteiger partial charge in [-0.1, -0.05) is 115 Å². The van der Waals surface area contributed by atoms with E-state index in [0.29, 0.717) is 0 Å². The predicted molar refractivity (Wildman–Crippen MR) is 211 cm³/mol. The van der Waals surface area contributed by atoms with Crippen LogP contribution in [0.15, 0.2) is 193 Å². The molecule has 0 unspecified atom stereocenters. The first kappa shape index (κ1) is 29.0. The van der Waals surface area contributed by atoms with Crippen LogP contribution in [0.1, 0.15) is 0 Å². The van der Waals surface area contributed by atoms with Gasteiger partial charge in [0, 0.05) is 56.1 Å². The maximum Gasteiger partial charge on any atom is 0.154 e. The molecule has 0 aliphatic carbocycles. The SMILES string of the molecule is c1ccc(-c2cccc(N(c3ccc(-c4cncc5oc6ccccc6c45)cc3)c3ccc4c5ccccc5n(-c5ccccc5)c4c3)c2)cc1. The Balaban J connectivity index is 1.16. The van der Waals surface area contributed by atoms with Gasteiger partial charge in [-0.3, -0.25) is 4.98 Å². The molecule has 0 amide bonds. The highest BCUT2D eigenvalue weighted by Crippen LogP contribution is 2.42. The molecule has 4 nitrogen and oxygen atoms in total. The third-order valence-corrected chi connectivity index (χ3v) is 9.87. The Labute approximate surface area is 295 Å². The summed E-state index contributed by atoms with van der Waals surface area (Å²) in [5.74, 6) is 0. The lowest BCUT2D eigenvalue weighted by Crippen LogP contribution is -2.10. The van der Waals surface area contributed by atoms with Gasteiger partial charge in [0.25, 0.3) is 0 Å². The molecule has 51 heavy (non-hydrogen) atoms. The van der Waals surface area contributed by atoms with Crippen LogP contribution in [-0.2, 0) is 0 Å². The highest BCUT2D eigenvalue weighted by Gasteiger charge is 2.19. The average Bonchev–Trinajstić information content (AvgIpc) is 3.75. The fourth-order valence-electron chi connectivity index (χ4n) is 7.54. The number of furan rings is 1. The Morgan fingerprint density at radius 2 is 1.10 bits per heavy atom. The molecule has 0 N–H and O–H groups in total. The highest BCUT2D eigenvalue weighted by molar-refractivity contribution is 6.12. The highest BCUT2D eigenvalue weighted by atomic mass is 16.3. The standard InChI is InChI=1S/C47H31N3O/c1-3-12-32(13-4-1)34-14-11-17-37(28-34)49(36-24-22-33(23-25-36)42-30-48-31-46-47(42)41-19-8-10-21-45(41)51-46)38-26-27-40-39-18-7-9-20-43(39)50(44(40)29-38)35-15-5-2-6-16-35/h1-31H. The topological polar surface area (TPSA) is 34.2 Å². The number of pyridine rings is 1. The van der Waals surface area contributed by atoms with Gasteiger partial charge in [-0.2, -0.15) is 0 Å². The Morgan fingerprint density at radius 3 is 1.94 bits per heavy atom. The van der Waals surface area contributed by atoms with E-state index in [9.17, 15) is 0 Å². The van der Waals surface area contributed by atoms with Crippen LogP contribution >= 0.6 is 0 Å². The normalized spacial score (nSPS) is 11.5. The van der Waals surface area contributed by atoms with Crippen molar-refractivity contribution in [2.45, 2.75) is 0 Å². The van der Waals surface area contributed by atoms with E-state index in [1.165, 1.54) is 27.4 Å². The molecule has 3 heterocycles. The van der Waals surface area contributed by atoms with Gasteiger partial charge in [0.2, 0.25) is 0 Å². The lowest BCUT2D eigenvalue weighted by molar-refractivity contribution is 0.667. The summed E-state index contributed by atoms with van der Waals surface area (Å²) in [6.07, 6.45) is 3.75. The Bertz CT molecular complexity index is 2850. The van der Waals surface area contributed by atoms with E-state index in [0.717, 1.165) is 61.3 Å². The molecule has 10 rings (SSSR count). The molecule has 0 aliphatic rings. The summed E-state index contributed by atoms with van der Waals surface area (Å²) in [4.78, 5) is 6.91. The minimum absolute atomic E-state index is 0.791. The van der Waals surface area contributed by atoms with Crippen LogP contribution < -0.4 is 4.90 Å². The van der Waals surface area contributed by atoms with Crippen molar-refractivity contribution >= 4 is 60.8 Å². The van der Waals surface area contributed by atoms with Crippen LogP contribution in [0.3, 0.4) is 0 Å². The van der Waals surface area contributed by atoms with Crippen molar-refractivity contribution in [3.8, 4) is 27.9 Å². The summed E-state index contributed by atoms with van der Waals surface area (Å²) in [6, 6.07) is 62.5. The van der Waals surface area contributed by atoms with Gasteiger partial charge in [-0.05, 0) is 77.4 Å². The molecule has 0 bridgehead atoms. The van der Waals surface area contributed by atoms with Gasteiger partial charge in [0.05, 0.1) is 17.2 Å². The van der Waals surface area contributed by atoms with E-state index in [1.54, 1.807) is 6.20 Å². The number of para-hydroxylation sites is 3. The van der Waals surface area contributed by atoms with E-state index in [-0.39, 0.29) is 0 Å². The number of fused-ring (bicyclic) bond motifs is 6. The summed E-state index contributed by atoms with van der Waals surface area (Å²) in [5.41, 5.74) is 12.8. The number of anilines is 3. The first-order valence-electron chi connectivity index (χ1n) is 17.2. The molecule has 0 saturated heterocycles. The van der Waals surface area contributed by atoms with E-state index in [4.69, 9.17) is 4.42 Å². The van der Waals surface area contributed by atoms with Crippen molar-refractivity contribution in [1.29, 1.82) is 0 Å². The van der Waals surface area contributed by atoms with E-state index < -0.39 is 0 Å². The molecular weight excluding hydrogens is 623 g/mol. The number of rotatable bonds is 6. The van der Waals surface area contributed by atoms with Crippen LogP contribution in [0.4, 0.5) is 17.1 Å². The summed E-state index contributed by atoms with van der Waals surface area (Å²) >= 11 is 0. The Morgan fingerprint density at radius 1 is 0.431 bits per heavy atom. The molecule has 0 fully saturated rings. The van der Waals surface area contributed by atoms with E-state index in [2.05, 4.69) is 178 Å². The molecule has 7 aromatic carbocycles. The van der Waals surface area contributed by atoms with Crippen molar-refractivity contribution in [3.63, 3.8) is 0 Å². The second kappa shape index (κ2) is 11.9. The molecular formula is C47H31N3O. The van der Waals surface area contributed by atoms with Crippen molar-refractivity contribution < 1.29 is 4.42 Å². The zero-order valence-electron chi connectivity index (χ0n) is 27.6. The molecule has 0 spiro atoms. The summed E-state index contributed by atoms with van der Waals surface area (Å²) in [7, 11) is 0. The second-order valence-corrected chi connectivity index (χ2v) is 12.8. The zero-order valence-corrected chi connectivity index (χ0v) is 27.6. The lowest BCUT2D eigenvalue weighted by Gasteiger charge is -2.26. The van der Waals surface area contributed by atoms with Crippen LogP contribution in [0, 0.1) is 0 Å². The van der Waals surface area contributed by atoms with Crippen molar-refractivity contribution in [2.75, 3.05) is 4.90 Å². The Kier molecular flexibility index (Phi) is 6.78. The number of hydrogen-bond donors (Lipinski definition) is 0. The number of benzene rings is 7. The first-order valence-corrected chi connectivity index (χ1v) is 17.2. The first-order chi connectivity index (χ1) is 25.3. The minimum Gasteiger partial charge on any atom is -0.454 e. The van der Waals surface area contributed by atoms with Gasteiger partial charge in [0.1, 0.15) is 5.58 Å². The van der Waals surface area contributed by atoms with Crippen molar-refractivity contribution in [1.82, 2.24) is 9.55 Å². The molecule has 240 valence electrons. The summed E-state index contributed by atoms with van der Waals surface area (Å²) < 4.78 is 8.54. The largest absolute Gasteiger partial charge is 0.454 e. The molecule has 0 atom stereocenters. The summed E-state index contributed by atoms with van der Waals surface area (Å²) in [5, 5.41) is 4.63. The maximum atomic E-state index is 6.17. The second-order valence-electron chi connectivity index (χ2n) is 12.8. The number of hydrogen-bond acceptors (Lipinski definition) is 3. The fraction of sp³-hybridized carbons (Fsp3) is 0. The molecule has 0 aliphatic heterocycles. The van der Waals surface area contributed by atoms with Crippen LogP contribution in [-0.4, -0.2) is 9.55 Å². The third kappa shape index (κ3) is 4.88. The molecule has 0 radical (unpaired) electrons. The van der Waals surface area contributed by atoms with Gasteiger partial charge >= 0.3 is 0 Å². The smallest absolute Gasteiger partial charge is 0.154 e. The van der Waals surface area contributed by atoms with Crippen molar-refractivity contribution in [2.24, 2.45) is 0 Å². The third-order valence-electron chi connectivity index (χ3n) is 9.87. The van der Waals surface area contributed by atoms with E-state index >= 15 is 0 Å². The predicted octanol–water partition coefficient (Wildman–Crippen LogP) is 12.9. The van der Waals surface area contributed by atoms with Crippen LogP contribution in [0.2, 0.25) is 0 Å². The fourth-order valence-corrected chi connectivity index (χ4v) is 7.54. The van der Waals surface area contributed by atoms with E-state index in [1.807, 2.05) is 18.3 Å². The molecule has 3 aromatic heterocycles.